The van der Waals surface area contributed by atoms with Crippen molar-refractivity contribution in [3.05, 3.63) is 24.0 Å². The standard InChI is InChI=1S/C14H16F4N2O2/c15-10-3-4-11(12(5-10)22-8-14(16,17)18)20-13(21)7-19-6-9-1-2-9/h3-5,9,19H,1-2,6-8H2,(H,20,21). The van der Waals surface area contributed by atoms with Crippen molar-refractivity contribution in [2.24, 2.45) is 5.92 Å². The number of anilines is 1. The van der Waals surface area contributed by atoms with Crippen molar-refractivity contribution in [3.8, 4) is 5.75 Å². The van der Waals surface area contributed by atoms with E-state index < -0.39 is 24.5 Å². The Morgan fingerprint density at radius 2 is 2.05 bits per heavy atom. The normalized spacial score (nSPS) is 14.7. The third-order valence-corrected chi connectivity index (χ3v) is 3.02. The molecule has 0 bridgehead atoms. The minimum absolute atomic E-state index is 0.00359. The Morgan fingerprint density at radius 3 is 2.68 bits per heavy atom. The van der Waals surface area contributed by atoms with Crippen molar-refractivity contribution in [2.75, 3.05) is 25.0 Å². The van der Waals surface area contributed by atoms with Gasteiger partial charge in [0.05, 0.1) is 12.2 Å². The van der Waals surface area contributed by atoms with Crippen LogP contribution in [0.15, 0.2) is 18.2 Å². The maximum Gasteiger partial charge on any atom is 0.422 e. The molecule has 0 aliphatic heterocycles. The molecule has 0 aromatic heterocycles. The van der Waals surface area contributed by atoms with Crippen LogP contribution in [0.4, 0.5) is 23.2 Å². The van der Waals surface area contributed by atoms with Crippen LogP contribution in [-0.4, -0.2) is 31.8 Å². The van der Waals surface area contributed by atoms with Gasteiger partial charge < -0.3 is 15.4 Å². The molecule has 1 saturated carbocycles. The van der Waals surface area contributed by atoms with Crippen LogP contribution in [0.1, 0.15) is 12.8 Å². The number of carbonyl (C=O) groups excluding carboxylic acids is 1. The summed E-state index contributed by atoms with van der Waals surface area (Å²) in [6.45, 7) is -0.792. The van der Waals surface area contributed by atoms with E-state index in [1.807, 2.05) is 0 Å². The number of amides is 1. The van der Waals surface area contributed by atoms with Gasteiger partial charge in [-0.1, -0.05) is 0 Å². The minimum atomic E-state index is -4.54. The third kappa shape index (κ3) is 5.88. The van der Waals surface area contributed by atoms with Gasteiger partial charge in [-0.2, -0.15) is 13.2 Å². The summed E-state index contributed by atoms with van der Waals surface area (Å²) in [7, 11) is 0. The molecule has 0 spiro atoms. The SMILES string of the molecule is O=C(CNCC1CC1)Nc1ccc(F)cc1OCC(F)(F)F. The Kier molecular flexibility index (Phi) is 5.23. The lowest BCUT2D eigenvalue weighted by Crippen LogP contribution is -2.29. The van der Waals surface area contributed by atoms with Crippen molar-refractivity contribution in [3.63, 3.8) is 0 Å². The largest absolute Gasteiger partial charge is 0.482 e. The highest BCUT2D eigenvalue weighted by Gasteiger charge is 2.29. The summed E-state index contributed by atoms with van der Waals surface area (Å²) in [6, 6.07) is 3.01. The fourth-order valence-electron chi connectivity index (χ4n) is 1.78. The zero-order valence-corrected chi connectivity index (χ0v) is 11.7. The summed E-state index contributed by atoms with van der Waals surface area (Å²) in [5, 5.41) is 5.36. The van der Waals surface area contributed by atoms with Crippen LogP contribution in [0.3, 0.4) is 0 Å². The highest BCUT2D eigenvalue weighted by atomic mass is 19.4. The second kappa shape index (κ2) is 6.95. The van der Waals surface area contributed by atoms with E-state index in [1.165, 1.54) is 6.07 Å². The van der Waals surface area contributed by atoms with Gasteiger partial charge in [-0.15, -0.1) is 0 Å². The summed E-state index contributed by atoms with van der Waals surface area (Å²) in [5.74, 6) is -0.927. The zero-order chi connectivity index (χ0) is 16.2. The van der Waals surface area contributed by atoms with Gasteiger partial charge >= 0.3 is 6.18 Å². The summed E-state index contributed by atoms with van der Waals surface area (Å²) < 4.78 is 54.2. The molecule has 22 heavy (non-hydrogen) atoms. The van der Waals surface area contributed by atoms with E-state index in [0.29, 0.717) is 5.92 Å². The molecule has 1 fully saturated rings. The first-order valence-electron chi connectivity index (χ1n) is 6.83. The van der Waals surface area contributed by atoms with Crippen molar-refractivity contribution >= 4 is 11.6 Å². The molecule has 2 N–H and O–H groups in total. The topological polar surface area (TPSA) is 50.4 Å². The van der Waals surface area contributed by atoms with Gasteiger partial charge in [-0.3, -0.25) is 4.79 Å². The zero-order valence-electron chi connectivity index (χ0n) is 11.7. The van der Waals surface area contributed by atoms with Gasteiger partial charge in [0.1, 0.15) is 11.6 Å². The molecule has 1 aliphatic rings. The van der Waals surface area contributed by atoms with Crippen LogP contribution in [0.2, 0.25) is 0 Å². The van der Waals surface area contributed by atoms with Crippen molar-refractivity contribution < 1.29 is 27.1 Å². The quantitative estimate of drug-likeness (QED) is 0.760. The summed E-state index contributed by atoms with van der Waals surface area (Å²) in [4.78, 5) is 11.7. The van der Waals surface area contributed by atoms with E-state index in [2.05, 4.69) is 15.4 Å². The molecule has 1 aliphatic carbocycles. The number of hydrogen-bond acceptors (Lipinski definition) is 3. The van der Waals surface area contributed by atoms with Gasteiger partial charge in [0.25, 0.3) is 0 Å². The Bertz CT molecular complexity index is 530. The Labute approximate surface area is 124 Å². The van der Waals surface area contributed by atoms with E-state index in [1.54, 1.807) is 0 Å². The molecule has 4 nitrogen and oxygen atoms in total. The van der Waals surface area contributed by atoms with Crippen molar-refractivity contribution in [1.82, 2.24) is 5.32 Å². The summed E-state index contributed by atoms with van der Waals surface area (Å²) in [6.07, 6.45) is -2.26. The first-order chi connectivity index (χ1) is 10.3. The number of hydrogen-bond donors (Lipinski definition) is 2. The molecule has 0 saturated heterocycles. The number of carbonyl (C=O) groups is 1. The second-order valence-corrected chi connectivity index (χ2v) is 5.17. The van der Waals surface area contributed by atoms with Crippen molar-refractivity contribution in [2.45, 2.75) is 19.0 Å². The molecule has 0 atom stereocenters. The lowest BCUT2D eigenvalue weighted by atomic mass is 10.2. The molecular formula is C14H16F4N2O2. The van der Waals surface area contributed by atoms with Gasteiger partial charge in [0.15, 0.2) is 6.61 Å². The first-order valence-corrected chi connectivity index (χ1v) is 6.83. The van der Waals surface area contributed by atoms with Crippen LogP contribution in [0, 0.1) is 11.7 Å². The van der Waals surface area contributed by atoms with Crippen LogP contribution in [0.25, 0.3) is 0 Å². The Hall–Kier alpha value is -1.83. The number of rotatable bonds is 7. The Morgan fingerprint density at radius 1 is 1.32 bits per heavy atom. The molecule has 2 rings (SSSR count). The molecule has 0 unspecified atom stereocenters. The average molecular weight is 320 g/mol. The number of ether oxygens (including phenoxy) is 1. The monoisotopic (exact) mass is 320 g/mol. The predicted octanol–water partition coefficient (Wildman–Crippen LogP) is 2.70. The van der Waals surface area contributed by atoms with E-state index in [9.17, 15) is 22.4 Å². The van der Waals surface area contributed by atoms with Gasteiger partial charge in [0, 0.05) is 6.07 Å². The van der Waals surface area contributed by atoms with Gasteiger partial charge in [-0.25, -0.2) is 4.39 Å². The third-order valence-electron chi connectivity index (χ3n) is 3.02. The molecule has 1 amide bonds. The molecule has 8 heteroatoms. The smallest absolute Gasteiger partial charge is 0.422 e. The first kappa shape index (κ1) is 16.5. The maximum atomic E-state index is 13.1. The lowest BCUT2D eigenvalue weighted by Gasteiger charge is -2.14. The average Bonchev–Trinajstić information content (AvgIpc) is 3.22. The van der Waals surface area contributed by atoms with Crippen LogP contribution in [-0.2, 0) is 4.79 Å². The molecule has 122 valence electrons. The van der Waals surface area contributed by atoms with Crippen molar-refractivity contribution in [1.29, 1.82) is 0 Å². The minimum Gasteiger partial charge on any atom is -0.482 e. The molecular weight excluding hydrogens is 304 g/mol. The predicted molar refractivity (Wildman–Crippen MR) is 72.2 cm³/mol. The second-order valence-electron chi connectivity index (χ2n) is 5.17. The lowest BCUT2D eigenvalue weighted by molar-refractivity contribution is -0.153. The fourth-order valence-corrected chi connectivity index (χ4v) is 1.78. The summed E-state index contributed by atoms with van der Waals surface area (Å²) in [5.41, 5.74) is 0.00359. The van der Waals surface area contributed by atoms with Crippen LogP contribution >= 0.6 is 0 Å². The van der Waals surface area contributed by atoms with Gasteiger partial charge in [0.2, 0.25) is 5.91 Å². The highest BCUT2D eigenvalue weighted by molar-refractivity contribution is 5.93. The molecule has 1 aromatic carbocycles. The fraction of sp³-hybridized carbons (Fsp3) is 0.500. The number of nitrogens with one attached hydrogen (secondary N) is 2. The highest BCUT2D eigenvalue weighted by Crippen LogP contribution is 2.28. The summed E-state index contributed by atoms with van der Waals surface area (Å²) >= 11 is 0. The molecule has 0 radical (unpaired) electrons. The number of benzene rings is 1. The molecule has 1 aromatic rings. The Balaban J connectivity index is 1.91. The molecule has 0 heterocycles. The van der Waals surface area contributed by atoms with E-state index in [4.69, 9.17) is 0 Å². The van der Waals surface area contributed by atoms with E-state index in [-0.39, 0.29) is 18.0 Å². The van der Waals surface area contributed by atoms with E-state index in [0.717, 1.165) is 31.5 Å². The maximum absolute atomic E-state index is 13.1. The number of alkyl halides is 3. The number of halogens is 4. The van der Waals surface area contributed by atoms with Crippen LogP contribution < -0.4 is 15.4 Å². The van der Waals surface area contributed by atoms with Gasteiger partial charge in [-0.05, 0) is 37.4 Å². The van der Waals surface area contributed by atoms with Crippen LogP contribution in [0.5, 0.6) is 5.75 Å². The van der Waals surface area contributed by atoms with E-state index >= 15 is 0 Å².